The van der Waals surface area contributed by atoms with E-state index in [1.54, 1.807) is 0 Å². The minimum atomic E-state index is -0.700. The van der Waals surface area contributed by atoms with Gasteiger partial charge >= 0.3 is 5.97 Å². The van der Waals surface area contributed by atoms with Crippen LogP contribution in [0.2, 0.25) is 0 Å². The molecule has 0 aromatic carbocycles. The van der Waals surface area contributed by atoms with Crippen LogP contribution in [0.25, 0.3) is 0 Å². The van der Waals surface area contributed by atoms with E-state index in [0.29, 0.717) is 0 Å². The average molecular weight is 338 g/mol. The zero-order valence-corrected chi connectivity index (χ0v) is 15.1. The van der Waals surface area contributed by atoms with Crippen LogP contribution in [0.3, 0.4) is 0 Å². The number of aliphatic carboxylic acids is 1. The predicted molar refractivity (Wildman–Crippen MR) is 96.2 cm³/mol. The van der Waals surface area contributed by atoms with Gasteiger partial charge in [0.1, 0.15) is 11.5 Å². The molecular weight excluding hydrogens is 304 g/mol. The Labute approximate surface area is 146 Å². The number of rotatable bonds is 15. The first kappa shape index (κ1) is 20.8. The Bertz CT molecular complexity index is 439. The fourth-order valence-corrected chi connectivity index (χ4v) is 2.88. The summed E-state index contributed by atoms with van der Waals surface area (Å²) in [6.07, 6.45) is 12.0. The summed E-state index contributed by atoms with van der Waals surface area (Å²) >= 11 is 0. The number of carbonyl (C=O) groups is 1. The van der Waals surface area contributed by atoms with Gasteiger partial charge in [-0.3, -0.25) is 4.79 Å². The van der Waals surface area contributed by atoms with Crippen LogP contribution in [-0.2, 0) is 17.6 Å². The smallest absolute Gasteiger partial charge is 0.303 e. The summed E-state index contributed by atoms with van der Waals surface area (Å²) in [4.78, 5) is 10.4. The van der Waals surface area contributed by atoms with Crippen molar-refractivity contribution in [1.29, 1.82) is 0 Å². The number of unbranched alkanes of at least 4 members (excludes halogenated alkanes) is 6. The van der Waals surface area contributed by atoms with E-state index in [4.69, 9.17) is 9.52 Å². The first-order valence-corrected chi connectivity index (χ1v) is 9.59. The highest BCUT2D eigenvalue weighted by Gasteiger charge is 2.07. The second-order valence-electron chi connectivity index (χ2n) is 6.72. The Hall–Kier alpha value is -1.29. The molecule has 0 radical (unpaired) electrons. The monoisotopic (exact) mass is 338 g/mol. The predicted octanol–water partition coefficient (Wildman–Crippen LogP) is 5.12. The quantitative estimate of drug-likeness (QED) is 0.435. The van der Waals surface area contributed by atoms with Gasteiger partial charge in [-0.25, -0.2) is 0 Å². The molecule has 2 N–H and O–H groups in total. The lowest BCUT2D eigenvalue weighted by Crippen LogP contribution is -2.07. The summed E-state index contributed by atoms with van der Waals surface area (Å²) in [6.45, 7) is 2.17. The Kier molecular flexibility index (Phi) is 11.3. The third-order valence-electron chi connectivity index (χ3n) is 4.40. The SMILES string of the molecule is CCCCCC(O)CCc1ccc(CCCCCCCC(=O)O)o1. The molecule has 24 heavy (non-hydrogen) atoms. The topological polar surface area (TPSA) is 70.7 Å². The van der Waals surface area contributed by atoms with Crippen molar-refractivity contribution >= 4 is 5.97 Å². The van der Waals surface area contributed by atoms with Gasteiger partial charge in [-0.1, -0.05) is 45.4 Å². The molecule has 1 unspecified atom stereocenters. The lowest BCUT2D eigenvalue weighted by molar-refractivity contribution is -0.137. The molecule has 1 heterocycles. The number of aryl methyl sites for hydroxylation is 2. The first-order valence-electron chi connectivity index (χ1n) is 9.59. The third kappa shape index (κ3) is 10.5. The number of aliphatic hydroxyl groups excluding tert-OH is 1. The maximum absolute atomic E-state index is 10.4. The second kappa shape index (κ2) is 13.1. The molecule has 0 bridgehead atoms. The Morgan fingerprint density at radius 2 is 1.62 bits per heavy atom. The van der Waals surface area contributed by atoms with E-state index in [1.807, 2.05) is 12.1 Å². The summed E-state index contributed by atoms with van der Waals surface area (Å²) in [6, 6.07) is 4.07. The molecule has 4 nitrogen and oxygen atoms in total. The molecule has 0 saturated carbocycles. The molecule has 0 amide bonds. The Morgan fingerprint density at radius 1 is 0.958 bits per heavy atom. The van der Waals surface area contributed by atoms with E-state index in [9.17, 15) is 9.90 Å². The van der Waals surface area contributed by atoms with Gasteiger partial charge in [0.15, 0.2) is 0 Å². The number of aliphatic hydroxyl groups is 1. The molecule has 138 valence electrons. The van der Waals surface area contributed by atoms with Gasteiger partial charge in [0.25, 0.3) is 0 Å². The molecule has 1 atom stereocenters. The number of hydrogen-bond acceptors (Lipinski definition) is 3. The van der Waals surface area contributed by atoms with Gasteiger partial charge in [0.05, 0.1) is 6.10 Å². The van der Waals surface area contributed by atoms with Crippen molar-refractivity contribution in [3.8, 4) is 0 Å². The first-order chi connectivity index (χ1) is 11.6. The van der Waals surface area contributed by atoms with Crippen LogP contribution >= 0.6 is 0 Å². The maximum atomic E-state index is 10.4. The molecule has 0 spiro atoms. The summed E-state index contributed by atoms with van der Waals surface area (Å²) in [7, 11) is 0. The van der Waals surface area contributed by atoms with Crippen LogP contribution in [0, 0.1) is 0 Å². The Balaban J connectivity index is 2.07. The number of hydrogen-bond donors (Lipinski definition) is 2. The highest BCUT2D eigenvalue weighted by molar-refractivity contribution is 5.66. The fourth-order valence-electron chi connectivity index (χ4n) is 2.88. The zero-order valence-electron chi connectivity index (χ0n) is 15.1. The summed E-state index contributed by atoms with van der Waals surface area (Å²) < 4.78 is 5.83. The Morgan fingerprint density at radius 3 is 2.33 bits per heavy atom. The van der Waals surface area contributed by atoms with E-state index in [2.05, 4.69) is 6.92 Å². The van der Waals surface area contributed by atoms with Crippen molar-refractivity contribution in [2.75, 3.05) is 0 Å². The third-order valence-corrected chi connectivity index (χ3v) is 4.40. The van der Waals surface area contributed by atoms with Gasteiger partial charge in [-0.05, 0) is 37.8 Å². The largest absolute Gasteiger partial charge is 0.481 e. The van der Waals surface area contributed by atoms with E-state index in [-0.39, 0.29) is 12.5 Å². The van der Waals surface area contributed by atoms with E-state index >= 15 is 0 Å². The molecule has 1 rings (SSSR count). The minimum Gasteiger partial charge on any atom is -0.481 e. The highest BCUT2D eigenvalue weighted by atomic mass is 16.4. The second-order valence-corrected chi connectivity index (χ2v) is 6.72. The molecule has 0 aliphatic carbocycles. The number of carboxylic acids is 1. The molecule has 1 aromatic rings. The molecule has 0 aliphatic heterocycles. The highest BCUT2D eigenvalue weighted by Crippen LogP contribution is 2.16. The maximum Gasteiger partial charge on any atom is 0.303 e. The summed E-state index contributed by atoms with van der Waals surface area (Å²) in [5.41, 5.74) is 0. The summed E-state index contributed by atoms with van der Waals surface area (Å²) in [5.74, 6) is 1.30. The standard InChI is InChI=1S/C20H34O4/c1-2-3-7-10-17(21)13-14-19-16-15-18(24-19)11-8-5-4-6-9-12-20(22)23/h15-17,21H,2-14H2,1H3,(H,22,23). The minimum absolute atomic E-state index is 0.212. The van der Waals surface area contributed by atoms with Crippen molar-refractivity contribution in [2.45, 2.75) is 96.5 Å². The van der Waals surface area contributed by atoms with Crippen LogP contribution in [-0.4, -0.2) is 22.3 Å². The van der Waals surface area contributed by atoms with Crippen LogP contribution in [0.5, 0.6) is 0 Å². The lowest BCUT2D eigenvalue weighted by Gasteiger charge is -2.08. The fraction of sp³-hybridized carbons (Fsp3) is 0.750. The van der Waals surface area contributed by atoms with Crippen LogP contribution in [0.15, 0.2) is 16.5 Å². The average Bonchev–Trinajstić information content (AvgIpc) is 3.00. The zero-order chi connectivity index (χ0) is 17.6. The van der Waals surface area contributed by atoms with Gasteiger partial charge < -0.3 is 14.6 Å². The molecule has 0 aliphatic rings. The lowest BCUT2D eigenvalue weighted by atomic mass is 10.1. The van der Waals surface area contributed by atoms with Crippen LogP contribution in [0.4, 0.5) is 0 Å². The number of furan rings is 1. The summed E-state index contributed by atoms with van der Waals surface area (Å²) in [5, 5.41) is 18.5. The van der Waals surface area contributed by atoms with Crippen molar-refractivity contribution in [3.05, 3.63) is 23.7 Å². The van der Waals surface area contributed by atoms with E-state index in [0.717, 1.165) is 75.7 Å². The van der Waals surface area contributed by atoms with Crippen molar-refractivity contribution < 1.29 is 19.4 Å². The molecule has 1 aromatic heterocycles. The van der Waals surface area contributed by atoms with Crippen molar-refractivity contribution in [1.82, 2.24) is 0 Å². The molecule has 4 heteroatoms. The molecule has 0 fully saturated rings. The van der Waals surface area contributed by atoms with E-state index in [1.165, 1.54) is 12.8 Å². The van der Waals surface area contributed by atoms with Gasteiger partial charge in [-0.2, -0.15) is 0 Å². The van der Waals surface area contributed by atoms with Crippen LogP contribution < -0.4 is 0 Å². The molecular formula is C20H34O4. The van der Waals surface area contributed by atoms with Gasteiger partial charge in [0, 0.05) is 19.3 Å². The van der Waals surface area contributed by atoms with Crippen molar-refractivity contribution in [2.24, 2.45) is 0 Å². The van der Waals surface area contributed by atoms with Gasteiger partial charge in [0.2, 0.25) is 0 Å². The van der Waals surface area contributed by atoms with Crippen LogP contribution in [0.1, 0.15) is 89.1 Å². The van der Waals surface area contributed by atoms with E-state index < -0.39 is 5.97 Å². The molecule has 0 saturated heterocycles. The van der Waals surface area contributed by atoms with Gasteiger partial charge in [-0.15, -0.1) is 0 Å². The normalized spacial score (nSPS) is 12.4. The number of carboxylic acid groups (broad SMARTS) is 1. The van der Waals surface area contributed by atoms with Crippen molar-refractivity contribution in [3.63, 3.8) is 0 Å².